The fourth-order valence-corrected chi connectivity index (χ4v) is 2.72. The summed E-state index contributed by atoms with van der Waals surface area (Å²) in [5.74, 6) is 0.510. The zero-order chi connectivity index (χ0) is 17.2. The van der Waals surface area contributed by atoms with Gasteiger partial charge in [-0.25, -0.2) is 0 Å². The van der Waals surface area contributed by atoms with Gasteiger partial charge in [-0.2, -0.15) is 5.21 Å². The van der Waals surface area contributed by atoms with Gasteiger partial charge in [-0.1, -0.05) is 23.3 Å². The van der Waals surface area contributed by atoms with Crippen molar-refractivity contribution in [3.8, 4) is 11.4 Å². The van der Waals surface area contributed by atoms with E-state index >= 15 is 0 Å². The highest BCUT2D eigenvalue weighted by atomic mass is 16.5. The molecule has 25 heavy (non-hydrogen) atoms. The first-order valence-electron chi connectivity index (χ1n) is 7.56. The van der Waals surface area contributed by atoms with Gasteiger partial charge in [-0.3, -0.25) is 10.1 Å². The highest BCUT2D eigenvalue weighted by Gasteiger charge is 2.18. The maximum absolute atomic E-state index is 12.7. The van der Waals surface area contributed by atoms with Crippen molar-refractivity contribution in [2.45, 2.75) is 0 Å². The largest absolute Gasteiger partial charge is 0.497 e. The fraction of sp³-hybridized carbons (Fsp3) is 0.0588. The second-order valence-electron chi connectivity index (χ2n) is 5.31. The molecule has 2 N–H and O–H groups in total. The number of hydrogen-bond acceptors (Lipinski definition) is 5. The molecule has 4 aromatic rings. The van der Waals surface area contributed by atoms with Crippen LogP contribution in [0.25, 0.3) is 16.6 Å². The lowest BCUT2D eigenvalue weighted by Gasteiger charge is -2.10. The van der Waals surface area contributed by atoms with Crippen LogP contribution in [-0.2, 0) is 0 Å². The van der Waals surface area contributed by atoms with Crippen molar-refractivity contribution in [3.05, 3.63) is 60.3 Å². The van der Waals surface area contributed by atoms with Crippen LogP contribution < -0.4 is 10.1 Å². The van der Waals surface area contributed by atoms with Gasteiger partial charge in [0.15, 0.2) is 0 Å². The number of tetrazole rings is 1. The normalized spacial score (nSPS) is 10.8. The number of ether oxygens (including phenoxy) is 1. The second-order valence-corrected chi connectivity index (χ2v) is 5.31. The third-order valence-electron chi connectivity index (χ3n) is 3.83. The molecule has 0 spiro atoms. The molecule has 2 aromatic carbocycles. The van der Waals surface area contributed by atoms with Crippen LogP contribution in [0, 0.1) is 0 Å². The SMILES string of the molecule is COc1ccc2c(c1)cc(C(=O)Nc1nn[nH]n1)n2-c1ccccc1. The van der Waals surface area contributed by atoms with Crippen LogP contribution in [0.3, 0.4) is 0 Å². The van der Waals surface area contributed by atoms with E-state index < -0.39 is 0 Å². The summed E-state index contributed by atoms with van der Waals surface area (Å²) < 4.78 is 7.16. The average Bonchev–Trinajstić information content (AvgIpc) is 3.29. The molecule has 0 aliphatic heterocycles. The molecule has 0 aliphatic rings. The Bertz CT molecular complexity index is 1020. The van der Waals surface area contributed by atoms with E-state index in [1.54, 1.807) is 13.2 Å². The Hall–Kier alpha value is -3.68. The number of aromatic nitrogens is 5. The van der Waals surface area contributed by atoms with Gasteiger partial charge < -0.3 is 9.30 Å². The monoisotopic (exact) mass is 334 g/mol. The van der Waals surface area contributed by atoms with Crippen LogP contribution in [0.4, 0.5) is 5.95 Å². The van der Waals surface area contributed by atoms with Crippen molar-refractivity contribution in [3.63, 3.8) is 0 Å². The van der Waals surface area contributed by atoms with Gasteiger partial charge in [-0.15, -0.1) is 5.10 Å². The van der Waals surface area contributed by atoms with Gasteiger partial charge in [0.2, 0.25) is 0 Å². The number of carbonyl (C=O) groups excluding carboxylic acids is 1. The van der Waals surface area contributed by atoms with E-state index in [2.05, 4.69) is 25.9 Å². The number of anilines is 1. The van der Waals surface area contributed by atoms with Crippen molar-refractivity contribution in [1.82, 2.24) is 25.2 Å². The number of amides is 1. The van der Waals surface area contributed by atoms with Crippen molar-refractivity contribution in [2.24, 2.45) is 0 Å². The first kappa shape index (κ1) is 14.9. The highest BCUT2D eigenvalue weighted by molar-refractivity contribution is 6.06. The lowest BCUT2D eigenvalue weighted by atomic mass is 10.2. The van der Waals surface area contributed by atoms with Crippen molar-refractivity contribution in [1.29, 1.82) is 0 Å². The van der Waals surface area contributed by atoms with E-state index in [0.29, 0.717) is 5.69 Å². The lowest BCUT2D eigenvalue weighted by molar-refractivity contribution is 0.102. The highest BCUT2D eigenvalue weighted by Crippen LogP contribution is 2.28. The van der Waals surface area contributed by atoms with Gasteiger partial charge in [0.1, 0.15) is 11.4 Å². The third kappa shape index (κ3) is 2.69. The Morgan fingerprint density at radius 3 is 2.72 bits per heavy atom. The molecule has 0 saturated carbocycles. The van der Waals surface area contributed by atoms with Crippen molar-refractivity contribution < 1.29 is 9.53 Å². The Morgan fingerprint density at radius 2 is 2.00 bits per heavy atom. The van der Waals surface area contributed by atoms with Crippen LogP contribution in [0.5, 0.6) is 5.75 Å². The summed E-state index contributed by atoms with van der Waals surface area (Å²) in [5.41, 5.74) is 2.23. The number of hydrogen-bond donors (Lipinski definition) is 2. The van der Waals surface area contributed by atoms with Crippen LogP contribution in [0.15, 0.2) is 54.6 Å². The third-order valence-corrected chi connectivity index (χ3v) is 3.83. The first-order valence-corrected chi connectivity index (χ1v) is 7.56. The molecule has 2 aromatic heterocycles. The predicted octanol–water partition coefficient (Wildman–Crippen LogP) is 2.40. The maximum Gasteiger partial charge on any atom is 0.275 e. The number of para-hydroxylation sites is 1. The van der Waals surface area contributed by atoms with E-state index in [0.717, 1.165) is 22.3 Å². The van der Waals surface area contributed by atoms with Crippen LogP contribution >= 0.6 is 0 Å². The Labute approximate surface area is 142 Å². The van der Waals surface area contributed by atoms with Gasteiger partial charge >= 0.3 is 0 Å². The second kappa shape index (κ2) is 6.08. The fourth-order valence-electron chi connectivity index (χ4n) is 2.72. The number of benzene rings is 2. The minimum absolute atomic E-state index is 0.118. The minimum Gasteiger partial charge on any atom is -0.497 e. The van der Waals surface area contributed by atoms with Crippen LogP contribution in [-0.4, -0.2) is 38.2 Å². The number of methoxy groups -OCH3 is 1. The molecule has 0 radical (unpaired) electrons. The van der Waals surface area contributed by atoms with Crippen molar-refractivity contribution in [2.75, 3.05) is 12.4 Å². The molecule has 0 bridgehead atoms. The maximum atomic E-state index is 12.7. The van der Waals surface area contributed by atoms with E-state index in [9.17, 15) is 4.79 Å². The summed E-state index contributed by atoms with van der Waals surface area (Å²) in [5, 5.41) is 16.8. The topological polar surface area (TPSA) is 97.7 Å². The molecule has 0 atom stereocenters. The molecular formula is C17H14N6O2. The Balaban J connectivity index is 1.88. The molecule has 0 unspecified atom stereocenters. The number of nitrogens with one attached hydrogen (secondary N) is 2. The molecule has 0 fully saturated rings. The zero-order valence-electron chi connectivity index (χ0n) is 13.3. The number of carbonyl (C=O) groups is 1. The summed E-state index contributed by atoms with van der Waals surface area (Å²) in [6.07, 6.45) is 0. The minimum atomic E-state index is -0.333. The molecule has 8 heteroatoms. The Morgan fingerprint density at radius 1 is 1.16 bits per heavy atom. The first-order chi connectivity index (χ1) is 12.3. The molecule has 4 rings (SSSR count). The van der Waals surface area contributed by atoms with E-state index in [1.807, 2.05) is 53.1 Å². The summed E-state index contributed by atoms with van der Waals surface area (Å²) in [7, 11) is 1.61. The van der Waals surface area contributed by atoms with Gasteiger partial charge in [-0.05, 0) is 41.6 Å². The molecule has 8 nitrogen and oxygen atoms in total. The number of aromatic amines is 1. The quantitative estimate of drug-likeness (QED) is 0.597. The van der Waals surface area contributed by atoms with E-state index in [1.165, 1.54) is 0 Å². The molecular weight excluding hydrogens is 320 g/mol. The van der Waals surface area contributed by atoms with Crippen LogP contribution in [0.1, 0.15) is 10.5 Å². The number of H-pyrrole nitrogens is 1. The summed E-state index contributed by atoms with van der Waals surface area (Å²) >= 11 is 0. The predicted molar refractivity (Wildman–Crippen MR) is 92.0 cm³/mol. The summed E-state index contributed by atoms with van der Waals surface area (Å²) in [6.45, 7) is 0. The van der Waals surface area contributed by atoms with Gasteiger partial charge in [0, 0.05) is 11.1 Å². The lowest BCUT2D eigenvalue weighted by Crippen LogP contribution is -2.17. The van der Waals surface area contributed by atoms with Crippen molar-refractivity contribution >= 4 is 22.8 Å². The number of nitrogens with zero attached hydrogens (tertiary/aromatic N) is 4. The van der Waals surface area contributed by atoms with E-state index in [4.69, 9.17) is 4.74 Å². The molecule has 0 aliphatic carbocycles. The van der Waals surface area contributed by atoms with E-state index in [-0.39, 0.29) is 11.9 Å². The van der Waals surface area contributed by atoms with Gasteiger partial charge in [0.05, 0.1) is 12.6 Å². The molecule has 0 saturated heterocycles. The number of rotatable bonds is 4. The summed E-state index contributed by atoms with van der Waals surface area (Å²) in [6, 6.07) is 17.1. The zero-order valence-corrected chi connectivity index (χ0v) is 13.3. The van der Waals surface area contributed by atoms with Gasteiger partial charge in [0.25, 0.3) is 11.9 Å². The summed E-state index contributed by atoms with van der Waals surface area (Å²) in [4.78, 5) is 12.7. The molecule has 1 amide bonds. The Kier molecular flexibility index (Phi) is 3.62. The standard InChI is InChI=1S/C17H14N6O2/c1-25-13-7-8-14-11(9-13)10-15(16(24)18-17-19-21-22-20-17)23(14)12-5-3-2-4-6-12/h2-10H,1H3,(H2,18,19,20,21,22,24). The molecule has 124 valence electrons. The smallest absolute Gasteiger partial charge is 0.275 e. The molecule has 2 heterocycles. The number of fused-ring (bicyclic) bond motifs is 1. The van der Waals surface area contributed by atoms with Crippen LogP contribution in [0.2, 0.25) is 0 Å². The average molecular weight is 334 g/mol.